The molecule has 1 N–H and O–H groups in total. The van der Waals surface area contributed by atoms with Gasteiger partial charge in [0.2, 0.25) is 10.0 Å². The molecule has 0 aliphatic carbocycles. The summed E-state index contributed by atoms with van der Waals surface area (Å²) in [5.74, 6) is 5.29. The van der Waals surface area contributed by atoms with Crippen LogP contribution >= 0.6 is 0 Å². The Morgan fingerprint density at radius 1 is 1.23 bits per heavy atom. The van der Waals surface area contributed by atoms with E-state index in [1.807, 2.05) is 0 Å². The topological polar surface area (TPSA) is 102 Å². The lowest BCUT2D eigenvalue weighted by molar-refractivity contribution is -0.147. The van der Waals surface area contributed by atoms with Gasteiger partial charge in [0.1, 0.15) is 12.4 Å². The Hall–Kier alpha value is -2.41. The molecule has 2 rings (SSSR count). The fourth-order valence-electron chi connectivity index (χ4n) is 3.58. The molecule has 1 heterocycles. The predicted octanol–water partition coefficient (Wildman–Crippen LogP) is 1.32. The van der Waals surface area contributed by atoms with Gasteiger partial charge in [-0.3, -0.25) is 9.59 Å². The second-order valence-corrected chi connectivity index (χ2v) is 9.41. The van der Waals surface area contributed by atoms with Gasteiger partial charge in [-0.15, -0.1) is 5.92 Å². The van der Waals surface area contributed by atoms with Gasteiger partial charge in [-0.1, -0.05) is 5.92 Å². The van der Waals surface area contributed by atoms with Crippen LogP contribution in [-0.4, -0.2) is 70.6 Å². The van der Waals surface area contributed by atoms with Crippen molar-refractivity contribution in [3.8, 4) is 17.6 Å². The molecule has 1 aromatic carbocycles. The number of esters is 1. The number of nitrogens with one attached hydrogen (secondary N) is 1. The molecule has 0 unspecified atom stereocenters. The van der Waals surface area contributed by atoms with Crippen LogP contribution < -0.4 is 10.1 Å². The largest absolute Gasteiger partial charge is 0.481 e. The molecule has 31 heavy (non-hydrogen) atoms. The number of carbonyl (C=O) groups excluding carboxylic acids is 2. The van der Waals surface area contributed by atoms with E-state index in [1.165, 1.54) is 17.7 Å². The van der Waals surface area contributed by atoms with Gasteiger partial charge in [-0.2, -0.15) is 0 Å². The molecule has 1 aliphatic rings. The molecule has 1 aliphatic heterocycles. The third kappa shape index (κ3) is 7.65. The quantitative estimate of drug-likeness (QED) is 0.326. The maximum absolute atomic E-state index is 12.5. The number of piperidine rings is 1. The summed E-state index contributed by atoms with van der Waals surface area (Å²) in [6, 6.07) is 6.82. The molecule has 8 nitrogen and oxygen atoms in total. The van der Waals surface area contributed by atoms with Crippen molar-refractivity contribution in [1.29, 1.82) is 0 Å². The summed E-state index contributed by atoms with van der Waals surface area (Å²) in [6.45, 7) is 3.17. The molecule has 0 radical (unpaired) electrons. The van der Waals surface area contributed by atoms with Gasteiger partial charge < -0.3 is 14.8 Å². The number of nitrogens with zero attached hydrogens (tertiary/aromatic N) is 1. The number of Topliss-reactive ketones (excluding diaryl/α,β-unsaturated/α-hetero) is 1. The molecule has 1 fully saturated rings. The van der Waals surface area contributed by atoms with Gasteiger partial charge in [0.05, 0.1) is 25.8 Å². The van der Waals surface area contributed by atoms with Gasteiger partial charge in [0, 0.05) is 25.2 Å². The molecular formula is C22H30N2O6S. The summed E-state index contributed by atoms with van der Waals surface area (Å²) in [7, 11) is -1.89. The highest BCUT2D eigenvalue weighted by Gasteiger charge is 2.34. The Balaban J connectivity index is 1.87. The maximum atomic E-state index is 12.5. The van der Waals surface area contributed by atoms with Crippen LogP contribution in [0.3, 0.4) is 0 Å². The number of hydrogen-bond acceptors (Lipinski definition) is 7. The van der Waals surface area contributed by atoms with Crippen molar-refractivity contribution in [2.75, 3.05) is 46.2 Å². The maximum Gasteiger partial charge on any atom is 0.310 e. The molecule has 0 aromatic heterocycles. The summed E-state index contributed by atoms with van der Waals surface area (Å²) in [5, 5.41) is 3.06. The summed E-state index contributed by atoms with van der Waals surface area (Å²) < 4.78 is 35.2. The molecule has 1 saturated heterocycles. The first-order valence-electron chi connectivity index (χ1n) is 10.2. The summed E-state index contributed by atoms with van der Waals surface area (Å²) in [6.07, 6.45) is 2.34. The number of ketones is 1. The third-order valence-corrected chi connectivity index (χ3v) is 6.66. The van der Waals surface area contributed by atoms with E-state index < -0.39 is 15.9 Å². The van der Waals surface area contributed by atoms with Crippen molar-refractivity contribution < 1.29 is 27.5 Å². The van der Waals surface area contributed by atoms with Crippen molar-refractivity contribution in [2.45, 2.75) is 19.8 Å². The van der Waals surface area contributed by atoms with E-state index in [-0.39, 0.29) is 24.2 Å². The molecule has 170 valence electrons. The van der Waals surface area contributed by atoms with Crippen LogP contribution in [0.5, 0.6) is 5.75 Å². The highest BCUT2D eigenvalue weighted by molar-refractivity contribution is 7.88. The molecular weight excluding hydrogens is 420 g/mol. The van der Waals surface area contributed by atoms with Gasteiger partial charge >= 0.3 is 5.97 Å². The van der Waals surface area contributed by atoms with Crippen molar-refractivity contribution in [3.05, 3.63) is 29.8 Å². The van der Waals surface area contributed by atoms with E-state index in [2.05, 4.69) is 17.2 Å². The Bertz CT molecular complexity index is 910. The Morgan fingerprint density at radius 2 is 1.87 bits per heavy atom. The number of benzene rings is 1. The average molecular weight is 451 g/mol. The average Bonchev–Trinajstić information content (AvgIpc) is 2.76. The van der Waals surface area contributed by atoms with E-state index in [1.54, 1.807) is 31.2 Å². The molecule has 1 aromatic rings. The first-order chi connectivity index (χ1) is 14.8. The summed E-state index contributed by atoms with van der Waals surface area (Å²) in [4.78, 5) is 24.7. The highest BCUT2D eigenvalue weighted by Crippen LogP contribution is 2.27. The lowest BCUT2D eigenvalue weighted by Crippen LogP contribution is -2.44. The first-order valence-corrected chi connectivity index (χ1v) is 12.0. The van der Waals surface area contributed by atoms with Gasteiger partial charge in [0.15, 0.2) is 5.78 Å². The van der Waals surface area contributed by atoms with E-state index in [0.29, 0.717) is 50.4 Å². The number of sulfonamides is 1. The predicted molar refractivity (Wildman–Crippen MR) is 117 cm³/mol. The zero-order chi connectivity index (χ0) is 22.9. The van der Waals surface area contributed by atoms with Crippen LogP contribution in [-0.2, 0) is 19.6 Å². The van der Waals surface area contributed by atoms with Crippen LogP contribution in [0.2, 0.25) is 0 Å². The lowest BCUT2D eigenvalue weighted by Gasteiger charge is -2.33. The standard InChI is InChI=1S/C22H30N2O6S/c1-4-5-14-30-19-8-6-18(7-9-19)21(25)16-23-15-20(22(26)29-2)17-10-12-24(13-11-17)31(3,27)28/h6-9,17,20,23H,10-16H2,1-3H3/t20-/m1/s1. The van der Waals surface area contributed by atoms with Gasteiger partial charge in [-0.05, 0) is 49.9 Å². The van der Waals surface area contributed by atoms with Crippen molar-refractivity contribution >= 4 is 21.8 Å². The number of rotatable bonds is 10. The Morgan fingerprint density at radius 3 is 2.42 bits per heavy atom. The van der Waals surface area contributed by atoms with Crippen LogP contribution in [0.25, 0.3) is 0 Å². The van der Waals surface area contributed by atoms with E-state index >= 15 is 0 Å². The second-order valence-electron chi connectivity index (χ2n) is 7.42. The van der Waals surface area contributed by atoms with Gasteiger partial charge in [-0.25, -0.2) is 12.7 Å². The minimum absolute atomic E-state index is 0.00398. The molecule has 0 amide bonds. The minimum atomic E-state index is -3.23. The number of methoxy groups -OCH3 is 1. The SMILES string of the molecule is CC#CCOc1ccc(C(=O)CNC[C@@H](C(=O)OC)C2CCN(S(C)(=O)=O)CC2)cc1. The first kappa shape index (κ1) is 24.9. The summed E-state index contributed by atoms with van der Waals surface area (Å²) >= 11 is 0. The fourth-order valence-corrected chi connectivity index (χ4v) is 4.45. The lowest BCUT2D eigenvalue weighted by atomic mass is 9.84. The molecule has 1 atom stereocenters. The Kier molecular flexibility index (Phi) is 9.49. The molecule has 9 heteroatoms. The van der Waals surface area contributed by atoms with Gasteiger partial charge in [0.25, 0.3) is 0 Å². The van der Waals surface area contributed by atoms with Crippen molar-refractivity contribution in [2.24, 2.45) is 11.8 Å². The molecule has 0 spiro atoms. The van der Waals surface area contributed by atoms with E-state index in [9.17, 15) is 18.0 Å². The smallest absolute Gasteiger partial charge is 0.310 e. The zero-order valence-corrected chi connectivity index (χ0v) is 19.0. The number of hydrogen-bond donors (Lipinski definition) is 1. The second kappa shape index (κ2) is 11.8. The summed E-state index contributed by atoms with van der Waals surface area (Å²) in [5.41, 5.74) is 0.539. The third-order valence-electron chi connectivity index (χ3n) is 5.35. The van der Waals surface area contributed by atoms with E-state index in [0.717, 1.165) is 0 Å². The van der Waals surface area contributed by atoms with Crippen LogP contribution in [0, 0.1) is 23.7 Å². The van der Waals surface area contributed by atoms with E-state index in [4.69, 9.17) is 9.47 Å². The van der Waals surface area contributed by atoms with Crippen molar-refractivity contribution in [3.63, 3.8) is 0 Å². The van der Waals surface area contributed by atoms with Crippen molar-refractivity contribution in [1.82, 2.24) is 9.62 Å². The number of carbonyl (C=O) groups is 2. The molecule has 0 saturated carbocycles. The Labute approximate surface area is 184 Å². The zero-order valence-electron chi connectivity index (χ0n) is 18.2. The monoisotopic (exact) mass is 450 g/mol. The minimum Gasteiger partial charge on any atom is -0.481 e. The number of ether oxygens (including phenoxy) is 2. The van der Waals surface area contributed by atoms with Crippen LogP contribution in [0.15, 0.2) is 24.3 Å². The van der Waals surface area contributed by atoms with Crippen LogP contribution in [0.4, 0.5) is 0 Å². The highest BCUT2D eigenvalue weighted by atomic mass is 32.2. The fraction of sp³-hybridized carbons (Fsp3) is 0.545. The molecule has 0 bridgehead atoms. The van der Waals surface area contributed by atoms with Crippen LogP contribution in [0.1, 0.15) is 30.1 Å². The normalized spacial score (nSPS) is 16.1.